The van der Waals surface area contributed by atoms with Crippen LogP contribution in [0.2, 0.25) is 0 Å². The van der Waals surface area contributed by atoms with E-state index in [4.69, 9.17) is 0 Å². The minimum Gasteiger partial charge on any atom is -0.299 e. The van der Waals surface area contributed by atoms with E-state index in [1.54, 1.807) is 0 Å². The van der Waals surface area contributed by atoms with Gasteiger partial charge in [-0.1, -0.05) is 26.7 Å². The Kier molecular flexibility index (Phi) is 3.43. The van der Waals surface area contributed by atoms with Crippen molar-refractivity contribution in [1.29, 1.82) is 0 Å². The van der Waals surface area contributed by atoms with Crippen LogP contribution in [0.1, 0.15) is 58.8 Å². The van der Waals surface area contributed by atoms with Crippen LogP contribution >= 0.6 is 0 Å². The monoisotopic (exact) mass is 276 g/mol. The Hall–Kier alpha value is -1.19. The van der Waals surface area contributed by atoms with Crippen molar-refractivity contribution >= 4 is 17.4 Å². The van der Waals surface area contributed by atoms with Gasteiger partial charge in [0.25, 0.3) is 0 Å². The molecule has 3 fully saturated rings. The maximum atomic E-state index is 12.2. The summed E-state index contributed by atoms with van der Waals surface area (Å²) in [5.74, 6) is 1.70. The van der Waals surface area contributed by atoms with Crippen molar-refractivity contribution in [3.63, 3.8) is 0 Å². The maximum absolute atomic E-state index is 12.2. The van der Waals surface area contributed by atoms with Gasteiger partial charge in [0.15, 0.2) is 0 Å². The number of ketones is 1. The summed E-state index contributed by atoms with van der Waals surface area (Å²) < 4.78 is 0. The van der Waals surface area contributed by atoms with Crippen molar-refractivity contribution in [2.24, 2.45) is 28.3 Å². The fourth-order valence-electron chi connectivity index (χ4n) is 4.17. The zero-order chi connectivity index (χ0) is 14.3. The van der Waals surface area contributed by atoms with Gasteiger partial charge in [0.2, 0.25) is 5.91 Å². The van der Waals surface area contributed by atoms with Gasteiger partial charge in [0.1, 0.15) is 5.78 Å². The largest absolute Gasteiger partial charge is 0.299 e. The third-order valence-corrected chi connectivity index (χ3v) is 5.04. The van der Waals surface area contributed by atoms with Gasteiger partial charge in [0.05, 0.1) is 0 Å². The molecule has 4 heteroatoms. The lowest BCUT2D eigenvalue weighted by Crippen LogP contribution is -2.31. The summed E-state index contributed by atoms with van der Waals surface area (Å²) >= 11 is 0. The highest BCUT2D eigenvalue weighted by molar-refractivity contribution is 6.05. The first-order chi connectivity index (χ1) is 9.46. The van der Waals surface area contributed by atoms with Crippen LogP contribution in [0.4, 0.5) is 0 Å². The lowest BCUT2D eigenvalue weighted by molar-refractivity contribution is -0.123. The quantitative estimate of drug-likeness (QED) is 0.788. The number of carbonyl (C=O) groups is 2. The van der Waals surface area contributed by atoms with Crippen molar-refractivity contribution in [2.45, 2.75) is 58.8 Å². The average molecular weight is 276 g/mol. The minimum atomic E-state index is -0.0214. The van der Waals surface area contributed by atoms with Crippen LogP contribution < -0.4 is 5.43 Å². The highest BCUT2D eigenvalue weighted by Gasteiger charge is 2.54. The number of hydrazone groups is 1. The van der Waals surface area contributed by atoms with E-state index in [1.807, 2.05) is 0 Å². The molecule has 0 aliphatic heterocycles. The molecule has 0 aromatic heterocycles. The number of Topliss-reactive ketones (excluding diaryl/α,β-unsaturated/α-hetero) is 1. The molecule has 20 heavy (non-hydrogen) atoms. The molecule has 0 aromatic carbocycles. The molecule has 1 N–H and O–H groups in total. The molecule has 0 bridgehead atoms. The van der Waals surface area contributed by atoms with E-state index in [-0.39, 0.29) is 23.0 Å². The van der Waals surface area contributed by atoms with Gasteiger partial charge >= 0.3 is 0 Å². The molecular formula is C16H24N2O2. The number of amides is 1. The predicted molar refractivity (Wildman–Crippen MR) is 77.2 cm³/mol. The van der Waals surface area contributed by atoms with E-state index < -0.39 is 0 Å². The SMILES string of the molecule is CC1(C)CC(=O)C/C(=N\NC(=O)C2[C@H]3CCCC[C@H]23)C1. The lowest BCUT2D eigenvalue weighted by Gasteiger charge is -2.29. The fraction of sp³-hybridized carbons (Fsp3) is 0.812. The van der Waals surface area contributed by atoms with Crippen LogP contribution in [0.15, 0.2) is 5.10 Å². The number of hydrogen-bond donors (Lipinski definition) is 1. The first-order valence-electron chi connectivity index (χ1n) is 7.83. The Labute approximate surface area is 120 Å². The Morgan fingerprint density at radius 3 is 2.45 bits per heavy atom. The van der Waals surface area contributed by atoms with E-state index in [0.717, 1.165) is 12.1 Å². The van der Waals surface area contributed by atoms with Gasteiger partial charge in [0, 0.05) is 24.5 Å². The van der Waals surface area contributed by atoms with Gasteiger partial charge in [-0.05, 0) is 36.5 Å². The molecule has 4 nitrogen and oxygen atoms in total. The Morgan fingerprint density at radius 2 is 1.85 bits per heavy atom. The van der Waals surface area contributed by atoms with Crippen molar-refractivity contribution in [3.8, 4) is 0 Å². The summed E-state index contributed by atoms with van der Waals surface area (Å²) in [7, 11) is 0. The summed E-state index contributed by atoms with van der Waals surface area (Å²) in [4.78, 5) is 23.8. The molecule has 3 rings (SSSR count). The van der Waals surface area contributed by atoms with E-state index in [9.17, 15) is 9.59 Å². The first kappa shape index (κ1) is 13.8. The molecule has 3 aliphatic rings. The normalized spacial score (nSPS) is 37.4. The molecule has 110 valence electrons. The summed E-state index contributed by atoms with van der Waals surface area (Å²) in [5, 5.41) is 4.24. The third-order valence-electron chi connectivity index (χ3n) is 5.04. The minimum absolute atomic E-state index is 0.0214. The molecule has 2 atom stereocenters. The summed E-state index contributed by atoms with van der Waals surface area (Å²) in [6.07, 6.45) is 6.75. The molecule has 1 amide bonds. The van der Waals surface area contributed by atoms with Gasteiger partial charge in [-0.15, -0.1) is 0 Å². The van der Waals surface area contributed by atoms with Crippen LogP contribution in [-0.2, 0) is 9.59 Å². The van der Waals surface area contributed by atoms with E-state index in [0.29, 0.717) is 24.7 Å². The second-order valence-electron chi connectivity index (χ2n) is 7.53. The standard InChI is InChI=1S/C16H24N2O2/c1-16(2)8-10(7-11(19)9-16)17-18-15(20)14-12-5-3-4-6-13(12)14/h12-14H,3-9H2,1-2H3,(H,18,20)/b17-10+/t12-,13-/m0/s1. The number of rotatable bonds is 2. The zero-order valence-corrected chi connectivity index (χ0v) is 12.4. The lowest BCUT2D eigenvalue weighted by atomic mass is 9.76. The number of fused-ring (bicyclic) bond motifs is 1. The molecule has 0 radical (unpaired) electrons. The van der Waals surface area contributed by atoms with Crippen LogP contribution in [0.3, 0.4) is 0 Å². The average Bonchev–Trinajstić information content (AvgIpc) is 3.08. The van der Waals surface area contributed by atoms with E-state index in [2.05, 4.69) is 24.4 Å². The second kappa shape index (κ2) is 4.97. The first-order valence-corrected chi connectivity index (χ1v) is 7.83. The van der Waals surface area contributed by atoms with Crippen molar-refractivity contribution in [3.05, 3.63) is 0 Å². The van der Waals surface area contributed by atoms with Crippen LogP contribution in [-0.4, -0.2) is 17.4 Å². The number of nitrogens with zero attached hydrogens (tertiary/aromatic N) is 1. The highest BCUT2D eigenvalue weighted by atomic mass is 16.2. The Morgan fingerprint density at radius 1 is 1.20 bits per heavy atom. The number of carbonyl (C=O) groups excluding carboxylic acids is 2. The second-order valence-corrected chi connectivity index (χ2v) is 7.53. The van der Waals surface area contributed by atoms with Crippen LogP contribution in [0.25, 0.3) is 0 Å². The van der Waals surface area contributed by atoms with E-state index >= 15 is 0 Å². The van der Waals surface area contributed by atoms with E-state index in [1.165, 1.54) is 25.7 Å². The highest BCUT2D eigenvalue weighted by Crippen LogP contribution is 2.55. The van der Waals surface area contributed by atoms with Crippen LogP contribution in [0.5, 0.6) is 0 Å². The molecule has 0 spiro atoms. The smallest absolute Gasteiger partial charge is 0.243 e. The third kappa shape index (κ3) is 2.79. The number of hydrogen-bond acceptors (Lipinski definition) is 3. The van der Waals surface area contributed by atoms with Gasteiger partial charge in [-0.2, -0.15) is 5.10 Å². The molecule has 0 saturated heterocycles. The topological polar surface area (TPSA) is 58.5 Å². The van der Waals surface area contributed by atoms with Gasteiger partial charge in [-0.3, -0.25) is 9.59 Å². The zero-order valence-electron chi connectivity index (χ0n) is 12.4. The van der Waals surface area contributed by atoms with Gasteiger partial charge in [-0.25, -0.2) is 5.43 Å². The molecule has 0 aromatic rings. The molecule has 3 saturated carbocycles. The molecular weight excluding hydrogens is 252 g/mol. The van der Waals surface area contributed by atoms with Crippen molar-refractivity contribution in [2.75, 3.05) is 0 Å². The van der Waals surface area contributed by atoms with Crippen molar-refractivity contribution in [1.82, 2.24) is 5.43 Å². The summed E-state index contributed by atoms with van der Waals surface area (Å²) in [5.41, 5.74) is 3.54. The maximum Gasteiger partial charge on any atom is 0.243 e. The molecule has 3 aliphatic carbocycles. The Balaban J connectivity index is 1.57. The Bertz CT molecular complexity index is 455. The number of nitrogens with one attached hydrogen (secondary N) is 1. The summed E-state index contributed by atoms with van der Waals surface area (Å²) in [6, 6.07) is 0. The summed E-state index contributed by atoms with van der Waals surface area (Å²) in [6.45, 7) is 4.16. The fourth-order valence-corrected chi connectivity index (χ4v) is 4.17. The predicted octanol–water partition coefficient (Wildman–Crippen LogP) is 2.67. The van der Waals surface area contributed by atoms with Crippen molar-refractivity contribution < 1.29 is 9.59 Å². The molecule has 0 unspecified atom stereocenters. The van der Waals surface area contributed by atoms with Gasteiger partial charge < -0.3 is 0 Å². The van der Waals surface area contributed by atoms with Crippen LogP contribution in [0, 0.1) is 23.2 Å². The molecule has 0 heterocycles.